The fourth-order valence-corrected chi connectivity index (χ4v) is 6.07. The summed E-state index contributed by atoms with van der Waals surface area (Å²) in [6.45, 7) is 5.90. The molecule has 0 spiro atoms. The lowest BCUT2D eigenvalue weighted by molar-refractivity contribution is 0.573. The summed E-state index contributed by atoms with van der Waals surface area (Å²) in [5, 5.41) is 4.14. The van der Waals surface area contributed by atoms with Crippen LogP contribution in [0.25, 0.3) is 10.2 Å². The number of nitrogens with zero attached hydrogens (tertiary/aromatic N) is 4. The maximum absolute atomic E-state index is 12.9. The number of sulfonamides is 1. The van der Waals surface area contributed by atoms with Crippen LogP contribution in [0.4, 0.5) is 23.1 Å². The van der Waals surface area contributed by atoms with E-state index in [4.69, 9.17) is 0 Å². The average molecular weight is 495 g/mol. The van der Waals surface area contributed by atoms with Gasteiger partial charge in [-0.2, -0.15) is 4.98 Å². The Kier molecular flexibility index (Phi) is 6.09. The van der Waals surface area contributed by atoms with Gasteiger partial charge in [0, 0.05) is 36.2 Å². The second-order valence-corrected chi connectivity index (χ2v) is 11.3. The van der Waals surface area contributed by atoms with Gasteiger partial charge in [-0.15, -0.1) is 11.3 Å². The number of anilines is 4. The topological polar surface area (TPSA) is 100 Å². The van der Waals surface area contributed by atoms with E-state index < -0.39 is 10.0 Å². The van der Waals surface area contributed by atoms with Gasteiger partial charge in [0.25, 0.3) is 10.0 Å². The fourth-order valence-electron chi connectivity index (χ4n) is 4.04. The minimum absolute atomic E-state index is 0.212. The Morgan fingerprint density at radius 2 is 1.62 bits per heavy atom. The third kappa shape index (κ3) is 4.97. The van der Waals surface area contributed by atoms with Crippen molar-refractivity contribution in [1.29, 1.82) is 0 Å². The standard InChI is InChI=1S/C24H26N6O2S2/c1-16-14-23(30-12-4-3-5-13-30)28-24(25-16)27-18-6-8-19(9-7-18)29-34(31,32)20-10-11-21-22(15-20)33-17(2)26-21/h6-11,14-15,29H,3-5,12-13H2,1-2H3,(H,25,27,28). The maximum Gasteiger partial charge on any atom is 0.261 e. The van der Waals surface area contributed by atoms with Crippen LogP contribution in [0.2, 0.25) is 0 Å². The Morgan fingerprint density at radius 3 is 2.38 bits per heavy atom. The van der Waals surface area contributed by atoms with Crippen LogP contribution in [-0.4, -0.2) is 36.5 Å². The van der Waals surface area contributed by atoms with E-state index in [1.165, 1.54) is 30.6 Å². The van der Waals surface area contributed by atoms with E-state index >= 15 is 0 Å². The van der Waals surface area contributed by atoms with Gasteiger partial charge in [-0.3, -0.25) is 4.72 Å². The summed E-state index contributed by atoms with van der Waals surface area (Å²) in [5.74, 6) is 1.47. The van der Waals surface area contributed by atoms with Gasteiger partial charge in [-0.1, -0.05) is 0 Å². The molecule has 0 unspecified atom stereocenters. The van der Waals surface area contributed by atoms with Crippen molar-refractivity contribution in [2.45, 2.75) is 38.0 Å². The summed E-state index contributed by atoms with van der Waals surface area (Å²) in [6.07, 6.45) is 3.63. The highest BCUT2D eigenvalue weighted by molar-refractivity contribution is 7.92. The SMILES string of the molecule is Cc1cc(N2CCCCC2)nc(Nc2ccc(NS(=O)(=O)c3ccc4nc(C)sc4c3)cc2)n1. The van der Waals surface area contributed by atoms with E-state index in [9.17, 15) is 8.42 Å². The summed E-state index contributed by atoms with van der Waals surface area (Å²) >= 11 is 1.48. The van der Waals surface area contributed by atoms with Crippen LogP contribution in [0, 0.1) is 13.8 Å². The Morgan fingerprint density at radius 1 is 0.882 bits per heavy atom. The zero-order valence-corrected chi connectivity index (χ0v) is 20.7. The number of thiazole rings is 1. The molecule has 0 bridgehead atoms. The van der Waals surface area contributed by atoms with E-state index in [-0.39, 0.29) is 4.90 Å². The number of hydrogen-bond acceptors (Lipinski definition) is 8. The van der Waals surface area contributed by atoms with Crippen LogP contribution in [0.15, 0.2) is 53.4 Å². The molecule has 34 heavy (non-hydrogen) atoms. The Hall–Kier alpha value is -3.24. The van der Waals surface area contributed by atoms with Gasteiger partial charge in [0.1, 0.15) is 5.82 Å². The molecule has 2 N–H and O–H groups in total. The monoisotopic (exact) mass is 494 g/mol. The van der Waals surface area contributed by atoms with Gasteiger partial charge < -0.3 is 10.2 Å². The molecular weight excluding hydrogens is 468 g/mol. The number of hydrogen-bond donors (Lipinski definition) is 2. The number of piperidine rings is 1. The molecule has 1 saturated heterocycles. The first kappa shape index (κ1) is 22.5. The number of benzene rings is 2. The minimum atomic E-state index is -3.71. The van der Waals surface area contributed by atoms with Crippen molar-refractivity contribution in [3.05, 3.63) is 59.2 Å². The quantitative estimate of drug-likeness (QED) is 0.378. The minimum Gasteiger partial charge on any atom is -0.356 e. The second-order valence-electron chi connectivity index (χ2n) is 8.41. The molecule has 0 aliphatic carbocycles. The largest absolute Gasteiger partial charge is 0.356 e. The Balaban J connectivity index is 1.30. The van der Waals surface area contributed by atoms with Gasteiger partial charge in [0.2, 0.25) is 5.95 Å². The molecule has 0 atom stereocenters. The van der Waals surface area contributed by atoms with Gasteiger partial charge in [0.15, 0.2) is 0 Å². The summed E-state index contributed by atoms with van der Waals surface area (Å²) in [7, 11) is -3.71. The smallest absolute Gasteiger partial charge is 0.261 e. The molecule has 5 rings (SSSR count). The molecule has 4 aromatic rings. The van der Waals surface area contributed by atoms with Gasteiger partial charge in [-0.05, 0) is 75.6 Å². The summed E-state index contributed by atoms with van der Waals surface area (Å²) in [6, 6.07) is 14.0. The molecule has 0 saturated carbocycles. The zero-order valence-electron chi connectivity index (χ0n) is 19.1. The van der Waals surface area contributed by atoms with E-state index in [0.29, 0.717) is 11.6 Å². The molecule has 10 heteroatoms. The molecule has 3 heterocycles. The lowest BCUT2D eigenvalue weighted by Gasteiger charge is -2.28. The maximum atomic E-state index is 12.9. The van der Waals surface area contributed by atoms with E-state index in [2.05, 4.69) is 29.9 Å². The summed E-state index contributed by atoms with van der Waals surface area (Å²) in [4.78, 5) is 16.1. The summed E-state index contributed by atoms with van der Waals surface area (Å²) < 4.78 is 29.3. The van der Waals surface area contributed by atoms with Crippen LogP contribution in [-0.2, 0) is 10.0 Å². The van der Waals surface area contributed by atoms with Crippen molar-refractivity contribution in [2.75, 3.05) is 28.0 Å². The molecule has 1 aliphatic rings. The first-order valence-corrected chi connectivity index (χ1v) is 13.5. The highest BCUT2D eigenvalue weighted by atomic mass is 32.2. The van der Waals surface area contributed by atoms with Gasteiger partial charge >= 0.3 is 0 Å². The van der Waals surface area contributed by atoms with E-state index in [1.54, 1.807) is 42.5 Å². The number of nitrogens with one attached hydrogen (secondary N) is 2. The predicted molar refractivity (Wildman–Crippen MR) is 138 cm³/mol. The first-order valence-electron chi connectivity index (χ1n) is 11.2. The van der Waals surface area contributed by atoms with Gasteiger partial charge in [-0.25, -0.2) is 18.4 Å². The van der Waals surface area contributed by atoms with Crippen LogP contribution in [0.5, 0.6) is 0 Å². The van der Waals surface area contributed by atoms with Crippen LogP contribution in [0.1, 0.15) is 30.0 Å². The molecule has 2 aromatic carbocycles. The molecule has 176 valence electrons. The summed E-state index contributed by atoms with van der Waals surface area (Å²) in [5.41, 5.74) is 2.96. The molecule has 0 amide bonds. The van der Waals surface area contributed by atoms with Crippen LogP contribution in [0.3, 0.4) is 0 Å². The van der Waals surface area contributed by atoms with Crippen molar-refractivity contribution in [3.63, 3.8) is 0 Å². The molecule has 2 aromatic heterocycles. The third-order valence-electron chi connectivity index (χ3n) is 5.69. The van der Waals surface area contributed by atoms with Crippen molar-refractivity contribution in [2.24, 2.45) is 0 Å². The fraction of sp³-hybridized carbons (Fsp3) is 0.292. The Labute approximate surface area is 203 Å². The number of aromatic nitrogens is 3. The van der Waals surface area contributed by atoms with E-state index in [0.717, 1.165) is 45.5 Å². The van der Waals surface area contributed by atoms with Crippen LogP contribution >= 0.6 is 11.3 Å². The Bertz CT molecular complexity index is 1430. The highest BCUT2D eigenvalue weighted by Gasteiger charge is 2.17. The molecule has 8 nitrogen and oxygen atoms in total. The molecular formula is C24H26N6O2S2. The lowest BCUT2D eigenvalue weighted by atomic mass is 10.1. The predicted octanol–water partition coefficient (Wildman–Crippen LogP) is 5.24. The zero-order chi connectivity index (χ0) is 23.7. The number of aryl methyl sites for hydroxylation is 2. The van der Waals surface area contributed by atoms with Crippen molar-refractivity contribution >= 4 is 54.7 Å². The highest BCUT2D eigenvalue weighted by Crippen LogP contribution is 2.27. The van der Waals surface area contributed by atoms with Crippen molar-refractivity contribution < 1.29 is 8.42 Å². The second kappa shape index (κ2) is 9.19. The number of rotatable bonds is 6. The molecule has 1 fully saturated rings. The molecule has 1 aliphatic heterocycles. The van der Waals surface area contributed by atoms with Crippen molar-refractivity contribution in [1.82, 2.24) is 15.0 Å². The van der Waals surface area contributed by atoms with E-state index in [1.807, 2.05) is 19.9 Å². The number of fused-ring (bicyclic) bond motifs is 1. The third-order valence-corrected chi connectivity index (χ3v) is 8.00. The molecule has 0 radical (unpaired) electrons. The first-order chi connectivity index (χ1) is 16.4. The average Bonchev–Trinajstić information content (AvgIpc) is 3.20. The van der Waals surface area contributed by atoms with Crippen molar-refractivity contribution in [3.8, 4) is 0 Å². The van der Waals surface area contributed by atoms with Crippen LogP contribution < -0.4 is 14.9 Å². The van der Waals surface area contributed by atoms with Gasteiger partial charge in [0.05, 0.1) is 20.1 Å². The lowest BCUT2D eigenvalue weighted by Crippen LogP contribution is -2.30. The normalized spacial score (nSPS) is 14.4.